The van der Waals surface area contributed by atoms with Gasteiger partial charge in [0.15, 0.2) is 15.7 Å². The van der Waals surface area contributed by atoms with Crippen molar-refractivity contribution in [1.82, 2.24) is 9.55 Å². The van der Waals surface area contributed by atoms with Gasteiger partial charge in [0.25, 0.3) is 5.56 Å². The molecule has 2 aliphatic rings. The summed E-state index contributed by atoms with van der Waals surface area (Å²) in [5.41, 5.74) is 1.45. The van der Waals surface area contributed by atoms with E-state index >= 15 is 0 Å². The van der Waals surface area contributed by atoms with E-state index in [0.29, 0.717) is 31.9 Å². The minimum atomic E-state index is -3.01. The lowest BCUT2D eigenvalue weighted by molar-refractivity contribution is 0.577. The van der Waals surface area contributed by atoms with Gasteiger partial charge in [0, 0.05) is 19.6 Å². The molecule has 3 heterocycles. The Bertz CT molecular complexity index is 935. The Morgan fingerprint density at radius 1 is 1.26 bits per heavy atom. The van der Waals surface area contributed by atoms with Crippen LogP contribution in [0.3, 0.4) is 0 Å². The predicted molar refractivity (Wildman–Crippen MR) is 89.6 cm³/mol. The van der Waals surface area contributed by atoms with Gasteiger partial charge in [-0.25, -0.2) is 13.4 Å². The molecule has 1 aromatic carbocycles. The van der Waals surface area contributed by atoms with E-state index in [-0.39, 0.29) is 22.5 Å². The average Bonchev–Trinajstić information content (AvgIpc) is 3.08. The minimum absolute atomic E-state index is 0.128. The Kier molecular flexibility index (Phi) is 3.23. The second kappa shape index (κ2) is 5.06. The molecule has 0 spiro atoms. The van der Waals surface area contributed by atoms with E-state index in [2.05, 4.69) is 4.98 Å². The summed E-state index contributed by atoms with van der Waals surface area (Å²) in [5, 5.41) is -0.342. The van der Waals surface area contributed by atoms with Crippen LogP contribution in [0.25, 0.3) is 11.0 Å². The highest BCUT2D eigenvalue weighted by molar-refractivity contribution is 7.92. The first kappa shape index (κ1) is 14.7. The highest BCUT2D eigenvalue weighted by Crippen LogP contribution is 2.34. The van der Waals surface area contributed by atoms with Gasteiger partial charge < -0.3 is 9.47 Å². The van der Waals surface area contributed by atoms with Gasteiger partial charge in [-0.2, -0.15) is 0 Å². The van der Waals surface area contributed by atoms with Crippen LogP contribution in [0.4, 0.5) is 5.82 Å². The summed E-state index contributed by atoms with van der Waals surface area (Å²) in [6, 6.07) is 7.56. The summed E-state index contributed by atoms with van der Waals surface area (Å²) in [4.78, 5) is 19.2. The number of aromatic nitrogens is 2. The minimum Gasteiger partial charge on any atom is -0.350 e. The quantitative estimate of drug-likeness (QED) is 0.821. The maximum absolute atomic E-state index is 12.8. The van der Waals surface area contributed by atoms with E-state index in [1.807, 2.05) is 36.1 Å². The Labute approximate surface area is 134 Å². The van der Waals surface area contributed by atoms with Gasteiger partial charge in [-0.05, 0) is 31.4 Å². The molecular weight excluding hydrogens is 314 g/mol. The van der Waals surface area contributed by atoms with E-state index in [0.717, 1.165) is 11.0 Å². The van der Waals surface area contributed by atoms with Crippen LogP contribution < -0.4 is 10.5 Å². The number of anilines is 1. The van der Waals surface area contributed by atoms with Crippen LogP contribution in [0, 0.1) is 5.92 Å². The third kappa shape index (κ3) is 2.17. The van der Waals surface area contributed by atoms with Gasteiger partial charge >= 0.3 is 0 Å². The third-order valence-electron chi connectivity index (χ3n) is 5.07. The normalized spacial score (nSPS) is 25.9. The van der Waals surface area contributed by atoms with Crippen LogP contribution in [0.15, 0.2) is 29.1 Å². The molecule has 122 valence electrons. The number of rotatable bonds is 2. The van der Waals surface area contributed by atoms with Gasteiger partial charge in [-0.3, -0.25) is 4.79 Å². The molecule has 0 aliphatic carbocycles. The number of fused-ring (bicyclic) bond motifs is 2. The molecule has 0 unspecified atom stereocenters. The fourth-order valence-corrected chi connectivity index (χ4v) is 6.01. The molecule has 0 bridgehead atoms. The van der Waals surface area contributed by atoms with Crippen molar-refractivity contribution in [3.63, 3.8) is 0 Å². The van der Waals surface area contributed by atoms with Gasteiger partial charge in [-0.15, -0.1) is 0 Å². The zero-order valence-corrected chi connectivity index (χ0v) is 13.8. The Hall–Kier alpha value is -1.89. The van der Waals surface area contributed by atoms with E-state index in [4.69, 9.17) is 0 Å². The molecule has 6 nitrogen and oxygen atoms in total. The van der Waals surface area contributed by atoms with Crippen molar-refractivity contribution in [1.29, 1.82) is 0 Å². The zero-order chi connectivity index (χ0) is 16.2. The van der Waals surface area contributed by atoms with Crippen LogP contribution in [-0.4, -0.2) is 42.1 Å². The third-order valence-corrected chi connectivity index (χ3v) is 7.33. The summed E-state index contributed by atoms with van der Waals surface area (Å²) < 4.78 is 25.9. The number of benzene rings is 1. The molecule has 2 saturated heterocycles. The molecule has 1 aromatic heterocycles. The topological polar surface area (TPSA) is 72.3 Å². The number of hydrogen-bond donors (Lipinski definition) is 0. The molecule has 0 radical (unpaired) electrons. The van der Waals surface area contributed by atoms with Crippen LogP contribution in [0.5, 0.6) is 0 Å². The summed E-state index contributed by atoms with van der Waals surface area (Å²) in [7, 11) is -3.01. The molecule has 2 aliphatic heterocycles. The molecule has 0 saturated carbocycles. The van der Waals surface area contributed by atoms with E-state index in [1.54, 1.807) is 4.57 Å². The number of para-hydroxylation sites is 2. The van der Waals surface area contributed by atoms with E-state index < -0.39 is 9.84 Å². The average molecular weight is 333 g/mol. The van der Waals surface area contributed by atoms with E-state index in [1.165, 1.54) is 0 Å². The van der Waals surface area contributed by atoms with E-state index in [9.17, 15) is 13.2 Å². The molecule has 2 fully saturated rings. The molecule has 2 atom stereocenters. The van der Waals surface area contributed by atoms with Crippen molar-refractivity contribution in [3.8, 4) is 0 Å². The lowest BCUT2D eigenvalue weighted by Crippen LogP contribution is -2.34. The second-order valence-electron chi connectivity index (χ2n) is 6.33. The Morgan fingerprint density at radius 2 is 2.04 bits per heavy atom. The Morgan fingerprint density at radius 3 is 2.78 bits per heavy atom. The highest BCUT2D eigenvalue weighted by Gasteiger charge is 2.47. The monoisotopic (exact) mass is 333 g/mol. The zero-order valence-electron chi connectivity index (χ0n) is 13.0. The lowest BCUT2D eigenvalue weighted by Gasteiger charge is -2.19. The standard InChI is InChI=1S/C16H19N3O3S/c1-2-19-13-6-4-3-5-12(13)17-15(16(19)20)18-9-11-7-8-23(21,22)14(11)10-18/h3-6,11,14H,2,7-10H2,1H3/t11-,14+/m1/s1. The Balaban J connectivity index is 1.82. The van der Waals surface area contributed by atoms with Crippen LogP contribution in [-0.2, 0) is 16.4 Å². The molecule has 23 heavy (non-hydrogen) atoms. The molecular formula is C16H19N3O3S. The molecule has 4 rings (SSSR count). The van der Waals surface area contributed by atoms with Crippen LogP contribution in [0.1, 0.15) is 13.3 Å². The largest absolute Gasteiger partial charge is 0.350 e. The summed E-state index contributed by atoms with van der Waals surface area (Å²) in [6.45, 7) is 3.49. The smallest absolute Gasteiger partial charge is 0.293 e. The first-order valence-corrected chi connectivity index (χ1v) is 9.69. The number of sulfone groups is 1. The first-order chi connectivity index (χ1) is 11.0. The van der Waals surface area contributed by atoms with Gasteiger partial charge in [0.2, 0.25) is 0 Å². The van der Waals surface area contributed by atoms with Gasteiger partial charge in [0.1, 0.15) is 0 Å². The molecule has 0 amide bonds. The number of hydrogen-bond acceptors (Lipinski definition) is 5. The van der Waals surface area contributed by atoms with Crippen LogP contribution >= 0.6 is 0 Å². The number of aryl methyl sites for hydroxylation is 1. The first-order valence-electron chi connectivity index (χ1n) is 7.97. The number of nitrogens with zero attached hydrogens (tertiary/aromatic N) is 3. The molecule has 2 aromatic rings. The highest BCUT2D eigenvalue weighted by atomic mass is 32.2. The summed E-state index contributed by atoms with van der Waals surface area (Å²) in [6.07, 6.45) is 0.694. The maximum Gasteiger partial charge on any atom is 0.293 e. The van der Waals surface area contributed by atoms with Crippen molar-refractivity contribution in [2.75, 3.05) is 23.7 Å². The maximum atomic E-state index is 12.8. The molecule has 7 heteroatoms. The lowest BCUT2D eigenvalue weighted by atomic mass is 10.1. The van der Waals surface area contributed by atoms with Crippen molar-refractivity contribution in [2.45, 2.75) is 25.1 Å². The SMILES string of the molecule is CCn1c(=O)c(N2C[C@H]3CCS(=O)(=O)[C@H]3C2)nc2ccccc21. The van der Waals surface area contributed by atoms with Gasteiger partial charge in [-0.1, -0.05) is 12.1 Å². The van der Waals surface area contributed by atoms with Crippen molar-refractivity contribution < 1.29 is 8.42 Å². The van der Waals surface area contributed by atoms with Crippen molar-refractivity contribution >= 4 is 26.7 Å². The predicted octanol–water partition coefficient (Wildman–Crippen LogP) is 1.04. The fraction of sp³-hybridized carbons (Fsp3) is 0.500. The van der Waals surface area contributed by atoms with Crippen molar-refractivity contribution in [2.24, 2.45) is 5.92 Å². The fourth-order valence-electron chi connectivity index (χ4n) is 3.86. The molecule has 0 N–H and O–H groups in total. The second-order valence-corrected chi connectivity index (χ2v) is 8.67. The summed E-state index contributed by atoms with van der Waals surface area (Å²) >= 11 is 0. The van der Waals surface area contributed by atoms with Crippen LogP contribution in [0.2, 0.25) is 0 Å². The summed E-state index contributed by atoms with van der Waals surface area (Å²) in [5.74, 6) is 0.790. The van der Waals surface area contributed by atoms with Crippen molar-refractivity contribution in [3.05, 3.63) is 34.6 Å². The van der Waals surface area contributed by atoms with Gasteiger partial charge in [0.05, 0.1) is 22.0 Å².